The Bertz CT molecular complexity index is 549. The van der Waals surface area contributed by atoms with Gasteiger partial charge in [0.15, 0.2) is 0 Å². The van der Waals surface area contributed by atoms with E-state index in [1.165, 1.54) is 0 Å². The van der Waals surface area contributed by atoms with Gasteiger partial charge in [-0.2, -0.15) is 0 Å². The van der Waals surface area contributed by atoms with Gasteiger partial charge in [0.2, 0.25) is 0 Å². The van der Waals surface area contributed by atoms with Crippen molar-refractivity contribution >= 4 is 11.3 Å². The highest BCUT2D eigenvalue weighted by atomic mass is 32.1. The summed E-state index contributed by atoms with van der Waals surface area (Å²) in [6.07, 6.45) is 1.97. The number of nitrogens with zero attached hydrogens (tertiary/aromatic N) is 1. The molecular formula is C14H17FN2S. The van der Waals surface area contributed by atoms with Crippen LogP contribution in [0.1, 0.15) is 29.5 Å². The van der Waals surface area contributed by atoms with Gasteiger partial charge in [-0.1, -0.05) is 25.5 Å². The van der Waals surface area contributed by atoms with Gasteiger partial charge >= 0.3 is 0 Å². The van der Waals surface area contributed by atoms with Crippen LogP contribution < -0.4 is 5.73 Å². The number of thiazole rings is 1. The molecular weight excluding hydrogens is 247 g/mol. The van der Waals surface area contributed by atoms with E-state index in [9.17, 15) is 4.39 Å². The number of hydrogen-bond donors (Lipinski definition) is 1. The number of halogens is 1. The fourth-order valence-electron chi connectivity index (χ4n) is 1.82. The first-order chi connectivity index (χ1) is 8.65. The molecule has 0 bridgehead atoms. The molecule has 0 spiro atoms. The van der Waals surface area contributed by atoms with Crippen molar-refractivity contribution in [3.63, 3.8) is 0 Å². The monoisotopic (exact) mass is 264 g/mol. The zero-order chi connectivity index (χ0) is 13.1. The van der Waals surface area contributed by atoms with E-state index < -0.39 is 0 Å². The lowest BCUT2D eigenvalue weighted by Gasteiger charge is -1.99. The number of aryl methyl sites for hydroxylation is 2. The van der Waals surface area contributed by atoms with E-state index >= 15 is 0 Å². The lowest BCUT2D eigenvalue weighted by molar-refractivity contribution is 0.619. The molecule has 2 rings (SSSR count). The number of nitrogens with two attached hydrogens (primary N) is 1. The van der Waals surface area contributed by atoms with Gasteiger partial charge in [-0.3, -0.25) is 0 Å². The Balaban J connectivity index is 2.40. The molecule has 4 heteroatoms. The smallest absolute Gasteiger partial charge is 0.126 e. The van der Waals surface area contributed by atoms with Crippen LogP contribution in [0.4, 0.5) is 4.39 Å². The summed E-state index contributed by atoms with van der Waals surface area (Å²) < 4.78 is 13.6. The van der Waals surface area contributed by atoms with Crippen LogP contribution in [0.25, 0.3) is 10.6 Å². The second-order valence-corrected chi connectivity index (χ2v) is 5.39. The molecule has 0 aliphatic carbocycles. The van der Waals surface area contributed by atoms with Gasteiger partial charge in [-0.05, 0) is 25.0 Å². The van der Waals surface area contributed by atoms with Crippen molar-refractivity contribution in [3.8, 4) is 10.6 Å². The minimum absolute atomic E-state index is 0.186. The zero-order valence-corrected chi connectivity index (χ0v) is 11.5. The van der Waals surface area contributed by atoms with E-state index in [4.69, 9.17) is 5.73 Å². The third-order valence-electron chi connectivity index (χ3n) is 2.87. The fourth-order valence-corrected chi connectivity index (χ4v) is 2.81. The van der Waals surface area contributed by atoms with Crippen molar-refractivity contribution in [2.45, 2.75) is 33.2 Å². The van der Waals surface area contributed by atoms with E-state index in [0.29, 0.717) is 12.1 Å². The molecule has 0 unspecified atom stereocenters. The predicted octanol–water partition coefficient (Wildman–Crippen LogP) is 3.67. The minimum Gasteiger partial charge on any atom is -0.326 e. The molecule has 1 aromatic heterocycles. The topological polar surface area (TPSA) is 38.9 Å². The first kappa shape index (κ1) is 13.2. The molecule has 18 heavy (non-hydrogen) atoms. The number of rotatable bonds is 4. The van der Waals surface area contributed by atoms with E-state index in [2.05, 4.69) is 11.9 Å². The minimum atomic E-state index is -0.186. The second kappa shape index (κ2) is 5.59. The van der Waals surface area contributed by atoms with Crippen molar-refractivity contribution in [2.24, 2.45) is 5.73 Å². The highest BCUT2D eigenvalue weighted by Gasteiger charge is 2.11. The van der Waals surface area contributed by atoms with Gasteiger partial charge in [0.1, 0.15) is 10.8 Å². The summed E-state index contributed by atoms with van der Waals surface area (Å²) >= 11 is 1.56. The highest BCUT2D eigenvalue weighted by molar-refractivity contribution is 7.15. The van der Waals surface area contributed by atoms with E-state index in [1.54, 1.807) is 30.4 Å². The van der Waals surface area contributed by atoms with Gasteiger partial charge in [0, 0.05) is 17.0 Å². The quantitative estimate of drug-likeness (QED) is 0.915. The second-order valence-electron chi connectivity index (χ2n) is 4.31. The van der Waals surface area contributed by atoms with Crippen LogP contribution in [-0.2, 0) is 13.0 Å². The van der Waals surface area contributed by atoms with Crippen LogP contribution in [0.15, 0.2) is 18.2 Å². The first-order valence-corrected chi connectivity index (χ1v) is 6.92. The van der Waals surface area contributed by atoms with Crippen LogP contribution in [-0.4, -0.2) is 4.98 Å². The van der Waals surface area contributed by atoms with E-state index in [-0.39, 0.29) is 5.82 Å². The summed E-state index contributed by atoms with van der Waals surface area (Å²) in [5.41, 5.74) is 8.27. The Morgan fingerprint density at radius 1 is 1.39 bits per heavy atom. The molecule has 0 atom stereocenters. The van der Waals surface area contributed by atoms with Crippen molar-refractivity contribution in [2.75, 3.05) is 0 Å². The number of benzene rings is 1. The maximum absolute atomic E-state index is 13.6. The zero-order valence-electron chi connectivity index (χ0n) is 10.7. The summed E-state index contributed by atoms with van der Waals surface area (Å²) in [4.78, 5) is 5.69. The SMILES string of the molecule is CCCc1nc(-c2ccc(C)c(F)c2)sc1CN. The Morgan fingerprint density at radius 2 is 2.17 bits per heavy atom. The first-order valence-electron chi connectivity index (χ1n) is 6.10. The third-order valence-corrected chi connectivity index (χ3v) is 4.04. The lowest BCUT2D eigenvalue weighted by Crippen LogP contribution is -1.97. The normalized spacial score (nSPS) is 10.9. The standard InChI is InChI=1S/C14H17FN2S/c1-3-4-12-13(8-16)18-14(17-12)10-6-5-9(2)11(15)7-10/h5-7H,3-4,8,16H2,1-2H3. The van der Waals surface area contributed by atoms with Crippen molar-refractivity contribution in [1.82, 2.24) is 4.98 Å². The molecule has 0 radical (unpaired) electrons. The Kier molecular flexibility index (Phi) is 4.09. The summed E-state index contributed by atoms with van der Waals surface area (Å²) in [6.45, 7) is 4.38. The molecule has 1 heterocycles. The fraction of sp³-hybridized carbons (Fsp3) is 0.357. The summed E-state index contributed by atoms with van der Waals surface area (Å²) in [5.74, 6) is -0.186. The molecule has 96 valence electrons. The molecule has 2 nitrogen and oxygen atoms in total. The molecule has 0 amide bonds. The molecule has 0 aliphatic heterocycles. The maximum atomic E-state index is 13.6. The lowest BCUT2D eigenvalue weighted by atomic mass is 10.1. The molecule has 2 N–H and O–H groups in total. The summed E-state index contributed by atoms with van der Waals surface area (Å²) in [6, 6.07) is 5.24. The van der Waals surface area contributed by atoms with Gasteiger partial charge < -0.3 is 5.73 Å². The molecule has 0 fully saturated rings. The van der Waals surface area contributed by atoms with Crippen LogP contribution in [0.3, 0.4) is 0 Å². The highest BCUT2D eigenvalue weighted by Crippen LogP contribution is 2.29. The predicted molar refractivity (Wildman–Crippen MR) is 74.1 cm³/mol. The van der Waals surface area contributed by atoms with Gasteiger partial charge in [0.05, 0.1) is 5.69 Å². The van der Waals surface area contributed by atoms with E-state index in [0.717, 1.165) is 34.0 Å². The molecule has 2 aromatic rings. The largest absolute Gasteiger partial charge is 0.326 e. The number of aromatic nitrogens is 1. The Morgan fingerprint density at radius 3 is 2.78 bits per heavy atom. The molecule has 0 saturated heterocycles. The Hall–Kier alpha value is -1.26. The van der Waals surface area contributed by atoms with Crippen molar-refractivity contribution in [3.05, 3.63) is 40.2 Å². The van der Waals surface area contributed by atoms with Gasteiger partial charge in [-0.15, -0.1) is 11.3 Å². The molecule has 1 aromatic carbocycles. The summed E-state index contributed by atoms with van der Waals surface area (Å²) in [7, 11) is 0. The molecule has 0 saturated carbocycles. The van der Waals surface area contributed by atoms with Crippen molar-refractivity contribution in [1.29, 1.82) is 0 Å². The average Bonchev–Trinajstić information content (AvgIpc) is 2.76. The van der Waals surface area contributed by atoms with E-state index in [1.807, 2.05) is 6.07 Å². The van der Waals surface area contributed by atoms with Crippen LogP contribution in [0.2, 0.25) is 0 Å². The third kappa shape index (κ3) is 2.60. The molecule has 0 aliphatic rings. The van der Waals surface area contributed by atoms with Crippen molar-refractivity contribution < 1.29 is 4.39 Å². The van der Waals surface area contributed by atoms with Gasteiger partial charge in [0.25, 0.3) is 0 Å². The van der Waals surface area contributed by atoms with Gasteiger partial charge in [-0.25, -0.2) is 9.37 Å². The van der Waals surface area contributed by atoms with Crippen LogP contribution >= 0.6 is 11.3 Å². The Labute approximate surface area is 111 Å². The summed E-state index contributed by atoms with van der Waals surface area (Å²) in [5, 5.41) is 0.859. The van der Waals surface area contributed by atoms with Crippen LogP contribution in [0.5, 0.6) is 0 Å². The van der Waals surface area contributed by atoms with Crippen LogP contribution in [0, 0.1) is 12.7 Å². The average molecular weight is 264 g/mol. The maximum Gasteiger partial charge on any atom is 0.126 e. The number of hydrogen-bond acceptors (Lipinski definition) is 3.